The fourth-order valence-electron chi connectivity index (χ4n) is 3.97. The molecule has 0 saturated heterocycles. The lowest BCUT2D eigenvalue weighted by atomic mass is 9.76. The largest absolute Gasteiger partial charge is 0.435 e. The van der Waals surface area contributed by atoms with E-state index in [1.165, 1.54) is 36.4 Å². The first-order valence-electron chi connectivity index (χ1n) is 10.6. The summed E-state index contributed by atoms with van der Waals surface area (Å²) in [5, 5.41) is 7.76. The summed E-state index contributed by atoms with van der Waals surface area (Å²) < 4.78 is 68.6. The third-order valence-corrected chi connectivity index (χ3v) is 6.05. The van der Waals surface area contributed by atoms with Crippen LogP contribution in [-0.2, 0) is 11.6 Å². The lowest BCUT2D eigenvalue weighted by Gasteiger charge is -2.27. The topological polar surface area (TPSA) is 53.9 Å². The standard InChI is InChI=1S/C25H19ClF5N3O2/c1-24(16-5-3-2-4-6-16)14-34(23(35)32-17-8-10-18(11-9-17)36-22(27)28)33-21(24)15-7-12-19(20(26)13-15)25(29,30)31/h2-13,22H,14H2,1H3,(H,32,35). The van der Waals surface area contributed by atoms with Crippen molar-refractivity contribution in [3.63, 3.8) is 0 Å². The summed E-state index contributed by atoms with van der Waals surface area (Å²) in [4.78, 5) is 13.0. The number of nitrogens with zero attached hydrogens (tertiary/aromatic N) is 2. The number of urea groups is 1. The summed E-state index contributed by atoms with van der Waals surface area (Å²) in [6.07, 6.45) is -4.61. The molecule has 36 heavy (non-hydrogen) atoms. The molecule has 188 valence electrons. The van der Waals surface area contributed by atoms with Crippen molar-refractivity contribution in [3.8, 4) is 5.75 Å². The minimum absolute atomic E-state index is 0.0692. The van der Waals surface area contributed by atoms with Gasteiger partial charge in [-0.05, 0) is 48.9 Å². The zero-order valence-corrected chi connectivity index (χ0v) is 19.4. The second-order valence-electron chi connectivity index (χ2n) is 8.23. The molecule has 2 amide bonds. The predicted octanol–water partition coefficient (Wildman–Crippen LogP) is 7.17. The van der Waals surface area contributed by atoms with Gasteiger partial charge in [-0.2, -0.15) is 27.1 Å². The van der Waals surface area contributed by atoms with Gasteiger partial charge >= 0.3 is 18.8 Å². The van der Waals surface area contributed by atoms with Crippen molar-refractivity contribution in [1.29, 1.82) is 0 Å². The molecular weight excluding hydrogens is 505 g/mol. The molecule has 1 heterocycles. The van der Waals surface area contributed by atoms with Crippen molar-refractivity contribution in [1.82, 2.24) is 5.01 Å². The number of benzene rings is 3. The Morgan fingerprint density at radius 3 is 2.33 bits per heavy atom. The van der Waals surface area contributed by atoms with Crippen LogP contribution in [0.1, 0.15) is 23.6 Å². The predicted molar refractivity (Wildman–Crippen MR) is 126 cm³/mol. The quantitative estimate of drug-likeness (QED) is 0.360. The van der Waals surface area contributed by atoms with Crippen LogP contribution in [-0.4, -0.2) is 29.9 Å². The van der Waals surface area contributed by atoms with Crippen molar-refractivity contribution < 1.29 is 31.5 Å². The average Bonchev–Trinajstić information content (AvgIpc) is 3.18. The monoisotopic (exact) mass is 523 g/mol. The number of hydrogen-bond donors (Lipinski definition) is 1. The number of ether oxygens (including phenoxy) is 1. The first kappa shape index (κ1) is 25.4. The van der Waals surface area contributed by atoms with E-state index in [0.29, 0.717) is 17.0 Å². The Hall–Kier alpha value is -3.66. The van der Waals surface area contributed by atoms with E-state index < -0.39 is 34.8 Å². The maximum absolute atomic E-state index is 13.2. The van der Waals surface area contributed by atoms with Crippen molar-refractivity contribution in [3.05, 3.63) is 94.5 Å². The van der Waals surface area contributed by atoms with Gasteiger partial charge in [-0.3, -0.25) is 0 Å². The van der Waals surface area contributed by atoms with Gasteiger partial charge in [-0.15, -0.1) is 0 Å². The van der Waals surface area contributed by atoms with Crippen LogP contribution < -0.4 is 10.1 Å². The highest BCUT2D eigenvalue weighted by Gasteiger charge is 2.43. The van der Waals surface area contributed by atoms with Crippen molar-refractivity contribution >= 4 is 29.0 Å². The minimum Gasteiger partial charge on any atom is -0.435 e. The summed E-state index contributed by atoms with van der Waals surface area (Å²) in [6, 6.07) is 17.2. The maximum atomic E-state index is 13.2. The molecule has 11 heteroatoms. The van der Waals surface area contributed by atoms with Gasteiger partial charge in [0.2, 0.25) is 0 Å². The van der Waals surface area contributed by atoms with Gasteiger partial charge in [0, 0.05) is 11.3 Å². The SMILES string of the molecule is CC1(c2ccccc2)CN(C(=O)Nc2ccc(OC(F)F)cc2)N=C1c1ccc(C(F)(F)F)c(Cl)c1. The van der Waals surface area contributed by atoms with Crippen LogP contribution >= 0.6 is 11.6 Å². The number of halogens is 6. The second-order valence-corrected chi connectivity index (χ2v) is 8.64. The highest BCUT2D eigenvalue weighted by molar-refractivity contribution is 6.32. The highest BCUT2D eigenvalue weighted by Crippen LogP contribution is 2.39. The highest BCUT2D eigenvalue weighted by atomic mass is 35.5. The number of nitrogens with one attached hydrogen (secondary N) is 1. The molecule has 5 nitrogen and oxygen atoms in total. The van der Waals surface area contributed by atoms with Crippen LogP contribution in [0.25, 0.3) is 0 Å². The number of carbonyl (C=O) groups excluding carboxylic acids is 1. The summed E-state index contributed by atoms with van der Waals surface area (Å²) >= 11 is 5.96. The lowest BCUT2D eigenvalue weighted by Crippen LogP contribution is -2.38. The molecule has 1 atom stereocenters. The Bertz CT molecular complexity index is 1280. The molecule has 1 aliphatic heterocycles. The zero-order chi connectivity index (χ0) is 26.1. The summed E-state index contributed by atoms with van der Waals surface area (Å²) in [7, 11) is 0. The molecule has 3 aromatic carbocycles. The van der Waals surface area contributed by atoms with E-state index in [-0.39, 0.29) is 12.3 Å². The van der Waals surface area contributed by atoms with E-state index in [1.54, 1.807) is 0 Å². The summed E-state index contributed by atoms with van der Waals surface area (Å²) in [5.41, 5.74) is -0.0330. The number of amides is 2. The molecule has 0 radical (unpaired) electrons. The molecule has 0 aliphatic carbocycles. The molecule has 4 rings (SSSR count). The molecule has 1 unspecified atom stereocenters. The van der Waals surface area contributed by atoms with Gasteiger partial charge in [0.1, 0.15) is 5.75 Å². The van der Waals surface area contributed by atoms with Gasteiger partial charge < -0.3 is 10.1 Å². The normalized spacial score (nSPS) is 17.8. The van der Waals surface area contributed by atoms with Crippen LogP contribution in [0.2, 0.25) is 5.02 Å². The van der Waals surface area contributed by atoms with E-state index >= 15 is 0 Å². The van der Waals surface area contributed by atoms with Gasteiger partial charge in [0.25, 0.3) is 0 Å². The Morgan fingerprint density at radius 2 is 1.75 bits per heavy atom. The van der Waals surface area contributed by atoms with Gasteiger partial charge in [-0.1, -0.05) is 48.0 Å². The summed E-state index contributed by atoms with van der Waals surface area (Å²) in [6.45, 7) is -1.06. The third-order valence-electron chi connectivity index (χ3n) is 5.73. The lowest BCUT2D eigenvalue weighted by molar-refractivity contribution is -0.137. The Kier molecular flexibility index (Phi) is 6.90. The smallest absolute Gasteiger partial charge is 0.417 e. The van der Waals surface area contributed by atoms with Gasteiger partial charge in [0.05, 0.1) is 28.3 Å². The number of anilines is 1. The van der Waals surface area contributed by atoms with E-state index in [0.717, 1.165) is 16.6 Å². The van der Waals surface area contributed by atoms with Crippen LogP contribution in [0.4, 0.5) is 32.4 Å². The van der Waals surface area contributed by atoms with Crippen LogP contribution in [0.15, 0.2) is 77.9 Å². The summed E-state index contributed by atoms with van der Waals surface area (Å²) in [5.74, 6) is -0.0692. The molecule has 0 fully saturated rings. The zero-order valence-electron chi connectivity index (χ0n) is 18.7. The van der Waals surface area contributed by atoms with E-state index in [1.807, 2.05) is 37.3 Å². The van der Waals surface area contributed by atoms with Crippen molar-refractivity contribution in [2.45, 2.75) is 25.1 Å². The number of rotatable bonds is 5. The molecule has 3 aromatic rings. The molecular formula is C25H19ClF5N3O2. The van der Waals surface area contributed by atoms with Gasteiger partial charge in [-0.25, -0.2) is 9.80 Å². The molecule has 1 aliphatic rings. The minimum atomic E-state index is -4.61. The van der Waals surface area contributed by atoms with Crippen LogP contribution in [0.5, 0.6) is 5.75 Å². The second kappa shape index (κ2) is 9.77. The Morgan fingerprint density at radius 1 is 1.08 bits per heavy atom. The molecule has 0 spiro atoms. The van der Waals surface area contributed by atoms with E-state index in [4.69, 9.17) is 11.6 Å². The van der Waals surface area contributed by atoms with Crippen molar-refractivity contribution in [2.75, 3.05) is 11.9 Å². The molecule has 1 N–H and O–H groups in total. The van der Waals surface area contributed by atoms with Crippen LogP contribution in [0, 0.1) is 0 Å². The average molecular weight is 524 g/mol. The van der Waals surface area contributed by atoms with Crippen LogP contribution in [0.3, 0.4) is 0 Å². The first-order chi connectivity index (χ1) is 17.0. The Labute approximate surface area is 208 Å². The molecule has 0 aromatic heterocycles. The third kappa shape index (κ3) is 5.28. The maximum Gasteiger partial charge on any atom is 0.417 e. The van der Waals surface area contributed by atoms with E-state index in [9.17, 15) is 26.7 Å². The van der Waals surface area contributed by atoms with Gasteiger partial charge in [0.15, 0.2) is 0 Å². The first-order valence-corrected chi connectivity index (χ1v) is 11.0. The molecule has 0 saturated carbocycles. The van der Waals surface area contributed by atoms with E-state index in [2.05, 4.69) is 15.2 Å². The number of hydrazone groups is 1. The fourth-order valence-corrected chi connectivity index (χ4v) is 4.26. The Balaban J connectivity index is 1.65. The number of carbonyl (C=O) groups is 1. The number of alkyl halides is 5. The fraction of sp³-hybridized carbons (Fsp3) is 0.200. The number of hydrogen-bond acceptors (Lipinski definition) is 3. The van der Waals surface area contributed by atoms with Crippen molar-refractivity contribution in [2.24, 2.45) is 5.10 Å². The molecule has 0 bridgehead atoms.